The summed E-state index contributed by atoms with van der Waals surface area (Å²) in [5, 5.41) is 14.6. The summed E-state index contributed by atoms with van der Waals surface area (Å²) < 4.78 is 5.08. The fraction of sp³-hybridized carbons (Fsp3) is 0.667. The second kappa shape index (κ2) is 8.56. The molecule has 1 rings (SSSR count). The Labute approximate surface area is 126 Å². The fourth-order valence-corrected chi connectivity index (χ4v) is 2.29. The normalized spacial score (nSPS) is 12.4. The Bertz CT molecular complexity index is 463. The molecule has 1 N–H and O–H groups in total. The predicted octanol–water partition coefficient (Wildman–Crippen LogP) is 2.96. The summed E-state index contributed by atoms with van der Waals surface area (Å²) in [5.74, 6) is 0.929. The van der Waals surface area contributed by atoms with Crippen LogP contribution in [0.5, 0.6) is 5.88 Å². The second-order valence-corrected chi connectivity index (χ2v) is 5.56. The number of aromatic nitrogens is 1. The highest BCUT2D eigenvalue weighted by molar-refractivity contribution is 5.38. The predicted molar refractivity (Wildman–Crippen MR) is 82.7 cm³/mol. The number of ether oxygens (including phenoxy) is 1. The molecule has 21 heavy (non-hydrogen) atoms. The summed E-state index contributed by atoms with van der Waals surface area (Å²) in [4.78, 5) is 15.0. The molecule has 0 radical (unpaired) electrons. The van der Waals surface area contributed by atoms with E-state index in [1.807, 2.05) is 0 Å². The van der Waals surface area contributed by atoms with Crippen LogP contribution in [0.2, 0.25) is 0 Å². The Hall–Kier alpha value is -1.69. The Morgan fingerprint density at radius 1 is 1.43 bits per heavy atom. The molecule has 0 aliphatic carbocycles. The SMILES string of the molecule is CCCNC(Cc1nc(OC)ccc1[N+](=O)[O-])CC(C)C. The summed E-state index contributed by atoms with van der Waals surface area (Å²) in [6.45, 7) is 7.29. The van der Waals surface area contributed by atoms with Crippen molar-refractivity contribution in [2.75, 3.05) is 13.7 Å². The molecule has 0 aliphatic heterocycles. The molecule has 1 aromatic rings. The van der Waals surface area contributed by atoms with Crippen LogP contribution in [0.25, 0.3) is 0 Å². The zero-order valence-electron chi connectivity index (χ0n) is 13.3. The second-order valence-electron chi connectivity index (χ2n) is 5.56. The number of hydrogen-bond donors (Lipinski definition) is 1. The number of rotatable bonds is 9. The van der Waals surface area contributed by atoms with Crippen molar-refractivity contribution < 1.29 is 9.66 Å². The van der Waals surface area contributed by atoms with Gasteiger partial charge in [0.05, 0.1) is 12.0 Å². The molecule has 0 saturated carbocycles. The molecular weight excluding hydrogens is 270 g/mol. The molecule has 1 atom stereocenters. The molecule has 1 heterocycles. The van der Waals surface area contributed by atoms with Gasteiger partial charge >= 0.3 is 0 Å². The molecule has 6 nitrogen and oxygen atoms in total. The average Bonchev–Trinajstić information content (AvgIpc) is 2.43. The summed E-state index contributed by atoms with van der Waals surface area (Å²) >= 11 is 0. The standard InChI is InChI=1S/C15H25N3O3/c1-5-8-16-12(9-11(2)3)10-13-14(18(19)20)6-7-15(17-13)21-4/h6-7,11-12,16H,5,8-10H2,1-4H3. The van der Waals surface area contributed by atoms with Gasteiger partial charge in [0, 0.05) is 24.6 Å². The highest BCUT2D eigenvalue weighted by Crippen LogP contribution is 2.22. The van der Waals surface area contributed by atoms with Crippen LogP contribution in [-0.2, 0) is 6.42 Å². The minimum absolute atomic E-state index is 0.0582. The van der Waals surface area contributed by atoms with Crippen LogP contribution in [0.1, 0.15) is 39.3 Å². The van der Waals surface area contributed by atoms with E-state index in [-0.39, 0.29) is 16.7 Å². The zero-order chi connectivity index (χ0) is 15.8. The lowest BCUT2D eigenvalue weighted by Gasteiger charge is -2.20. The molecule has 1 unspecified atom stereocenters. The van der Waals surface area contributed by atoms with Gasteiger partial charge in [-0.3, -0.25) is 10.1 Å². The van der Waals surface area contributed by atoms with Crippen LogP contribution in [0, 0.1) is 16.0 Å². The number of methoxy groups -OCH3 is 1. The van der Waals surface area contributed by atoms with Crippen LogP contribution >= 0.6 is 0 Å². The van der Waals surface area contributed by atoms with Gasteiger partial charge in [-0.25, -0.2) is 4.98 Å². The number of hydrogen-bond acceptors (Lipinski definition) is 5. The molecular formula is C15H25N3O3. The Kier molecular flexibility index (Phi) is 7.08. The maximum absolute atomic E-state index is 11.1. The van der Waals surface area contributed by atoms with Gasteiger partial charge in [0.1, 0.15) is 5.69 Å². The lowest BCUT2D eigenvalue weighted by Crippen LogP contribution is -2.33. The van der Waals surface area contributed by atoms with E-state index in [2.05, 4.69) is 31.1 Å². The Morgan fingerprint density at radius 3 is 2.67 bits per heavy atom. The number of nitro groups is 1. The lowest BCUT2D eigenvalue weighted by atomic mass is 9.98. The quantitative estimate of drug-likeness (QED) is 0.560. The molecule has 0 spiro atoms. The van der Waals surface area contributed by atoms with Crippen molar-refractivity contribution in [1.29, 1.82) is 0 Å². The maximum Gasteiger partial charge on any atom is 0.291 e. The van der Waals surface area contributed by atoms with E-state index in [4.69, 9.17) is 4.74 Å². The number of nitrogens with one attached hydrogen (secondary N) is 1. The molecule has 0 fully saturated rings. The summed E-state index contributed by atoms with van der Waals surface area (Å²) in [7, 11) is 1.51. The maximum atomic E-state index is 11.1. The van der Waals surface area contributed by atoms with Crippen molar-refractivity contribution in [2.24, 2.45) is 5.92 Å². The topological polar surface area (TPSA) is 77.3 Å². The van der Waals surface area contributed by atoms with Crippen molar-refractivity contribution in [2.45, 2.75) is 46.1 Å². The Morgan fingerprint density at radius 2 is 2.14 bits per heavy atom. The molecule has 0 bridgehead atoms. The van der Waals surface area contributed by atoms with E-state index in [0.717, 1.165) is 19.4 Å². The Balaban J connectivity index is 2.96. The highest BCUT2D eigenvalue weighted by atomic mass is 16.6. The van der Waals surface area contributed by atoms with Gasteiger partial charge in [0.15, 0.2) is 0 Å². The summed E-state index contributed by atoms with van der Waals surface area (Å²) in [6.07, 6.45) is 2.52. The molecule has 1 aromatic heterocycles. The molecule has 6 heteroatoms. The molecule has 0 aliphatic rings. The van der Waals surface area contributed by atoms with Crippen molar-refractivity contribution >= 4 is 5.69 Å². The third-order valence-corrected chi connectivity index (χ3v) is 3.21. The van der Waals surface area contributed by atoms with Crippen molar-refractivity contribution in [3.8, 4) is 5.88 Å². The number of nitrogens with zero attached hydrogens (tertiary/aromatic N) is 2. The van der Waals surface area contributed by atoms with Gasteiger partial charge in [-0.05, 0) is 25.3 Å². The van der Waals surface area contributed by atoms with Crippen molar-refractivity contribution in [1.82, 2.24) is 10.3 Å². The minimum Gasteiger partial charge on any atom is -0.481 e. The number of pyridine rings is 1. The van der Waals surface area contributed by atoms with Gasteiger partial charge in [-0.15, -0.1) is 0 Å². The first-order chi connectivity index (χ1) is 9.97. The largest absolute Gasteiger partial charge is 0.481 e. The third kappa shape index (κ3) is 5.67. The zero-order valence-corrected chi connectivity index (χ0v) is 13.3. The van der Waals surface area contributed by atoms with Crippen LogP contribution in [0.4, 0.5) is 5.69 Å². The van der Waals surface area contributed by atoms with E-state index >= 15 is 0 Å². The molecule has 0 amide bonds. The first-order valence-corrected chi connectivity index (χ1v) is 7.39. The van der Waals surface area contributed by atoms with Gasteiger partial charge < -0.3 is 10.1 Å². The first kappa shape index (κ1) is 17.4. The van der Waals surface area contributed by atoms with Crippen LogP contribution in [0.15, 0.2) is 12.1 Å². The monoisotopic (exact) mass is 295 g/mol. The van der Waals surface area contributed by atoms with Crippen LogP contribution < -0.4 is 10.1 Å². The van der Waals surface area contributed by atoms with Gasteiger partial charge in [-0.1, -0.05) is 20.8 Å². The van der Waals surface area contributed by atoms with Crippen LogP contribution in [0.3, 0.4) is 0 Å². The molecule has 0 saturated heterocycles. The van der Waals surface area contributed by atoms with E-state index in [0.29, 0.717) is 23.9 Å². The smallest absolute Gasteiger partial charge is 0.291 e. The van der Waals surface area contributed by atoms with Gasteiger partial charge in [-0.2, -0.15) is 0 Å². The lowest BCUT2D eigenvalue weighted by molar-refractivity contribution is -0.386. The van der Waals surface area contributed by atoms with Crippen molar-refractivity contribution in [3.63, 3.8) is 0 Å². The molecule has 118 valence electrons. The van der Waals surface area contributed by atoms with E-state index < -0.39 is 0 Å². The highest BCUT2D eigenvalue weighted by Gasteiger charge is 2.21. The minimum atomic E-state index is -0.381. The van der Waals surface area contributed by atoms with Crippen molar-refractivity contribution in [3.05, 3.63) is 27.9 Å². The average molecular weight is 295 g/mol. The summed E-state index contributed by atoms with van der Waals surface area (Å²) in [6, 6.07) is 3.18. The third-order valence-electron chi connectivity index (χ3n) is 3.21. The molecule has 0 aromatic carbocycles. The van der Waals surface area contributed by atoms with E-state index in [1.165, 1.54) is 19.2 Å². The fourth-order valence-electron chi connectivity index (χ4n) is 2.29. The van der Waals surface area contributed by atoms with Gasteiger partial charge in [0.2, 0.25) is 5.88 Å². The summed E-state index contributed by atoms with van der Waals surface area (Å²) in [5.41, 5.74) is 0.538. The van der Waals surface area contributed by atoms with Crippen LogP contribution in [-0.4, -0.2) is 29.6 Å². The first-order valence-electron chi connectivity index (χ1n) is 7.39. The van der Waals surface area contributed by atoms with E-state index in [1.54, 1.807) is 0 Å². The van der Waals surface area contributed by atoms with E-state index in [9.17, 15) is 10.1 Å². The van der Waals surface area contributed by atoms with Gasteiger partial charge in [0.25, 0.3) is 5.69 Å².